The molecule has 0 unspecified atom stereocenters. The second-order valence-electron chi connectivity index (χ2n) is 3.94. The first-order valence-corrected chi connectivity index (χ1v) is 7.04. The zero-order chi connectivity index (χ0) is 14.8. The van der Waals surface area contributed by atoms with Crippen molar-refractivity contribution in [2.45, 2.75) is 4.90 Å². The Labute approximate surface area is 114 Å². The maximum absolute atomic E-state index is 11.7. The Balaban J connectivity index is 2.11. The summed E-state index contributed by atoms with van der Waals surface area (Å²) in [7, 11) is -3.78. The van der Waals surface area contributed by atoms with Crippen molar-refractivity contribution in [3.63, 3.8) is 0 Å². The van der Waals surface area contributed by atoms with Crippen LogP contribution in [0.25, 0.3) is 0 Å². The number of sulfonamides is 1. The molecule has 4 N–H and O–H groups in total. The Hall–Kier alpha value is -2.45. The average molecular weight is 293 g/mol. The van der Waals surface area contributed by atoms with Gasteiger partial charge in [0, 0.05) is 11.9 Å². The minimum absolute atomic E-state index is 0.0776. The van der Waals surface area contributed by atoms with E-state index in [4.69, 9.17) is 5.14 Å². The monoisotopic (exact) mass is 293 g/mol. The molecule has 1 aromatic carbocycles. The van der Waals surface area contributed by atoms with E-state index in [-0.39, 0.29) is 10.6 Å². The number of carbonyl (C=O) groups is 2. The Bertz CT molecular complexity index is 734. The number of rotatable bonds is 4. The number of H-pyrrole nitrogens is 1. The lowest BCUT2D eigenvalue weighted by molar-refractivity contribution is -0.112. The van der Waals surface area contributed by atoms with Crippen molar-refractivity contribution in [1.82, 2.24) is 4.98 Å². The smallest absolute Gasteiger partial charge is 0.298 e. The van der Waals surface area contributed by atoms with Gasteiger partial charge in [-0.05, 0) is 36.4 Å². The van der Waals surface area contributed by atoms with Gasteiger partial charge in [-0.15, -0.1) is 0 Å². The van der Waals surface area contributed by atoms with E-state index in [2.05, 4.69) is 10.3 Å². The number of nitrogens with two attached hydrogens (primary N) is 1. The third-order valence-corrected chi connectivity index (χ3v) is 3.42. The molecule has 8 heteroatoms. The fourth-order valence-electron chi connectivity index (χ4n) is 1.51. The zero-order valence-electron chi connectivity index (χ0n) is 10.2. The molecule has 1 heterocycles. The van der Waals surface area contributed by atoms with E-state index in [0.29, 0.717) is 5.69 Å². The molecule has 0 saturated heterocycles. The summed E-state index contributed by atoms with van der Waals surface area (Å²) >= 11 is 0. The highest BCUT2D eigenvalue weighted by Gasteiger charge is 2.17. The number of hydrogen-bond donors (Lipinski definition) is 3. The van der Waals surface area contributed by atoms with Gasteiger partial charge in [-0.1, -0.05) is 0 Å². The molecule has 0 spiro atoms. The number of Topliss-reactive ketones (excluding diaryl/α,β-unsaturated/α-hetero) is 1. The van der Waals surface area contributed by atoms with Gasteiger partial charge in [0.2, 0.25) is 10.0 Å². The maximum atomic E-state index is 11.7. The first kappa shape index (κ1) is 14.0. The Morgan fingerprint density at radius 2 is 1.75 bits per heavy atom. The number of primary sulfonamides is 1. The second-order valence-corrected chi connectivity index (χ2v) is 5.50. The molecule has 0 fully saturated rings. The van der Waals surface area contributed by atoms with Crippen LogP contribution in [-0.4, -0.2) is 25.1 Å². The van der Waals surface area contributed by atoms with E-state index < -0.39 is 21.7 Å². The van der Waals surface area contributed by atoms with E-state index in [1.165, 1.54) is 36.5 Å². The van der Waals surface area contributed by atoms with E-state index in [1.807, 2.05) is 0 Å². The van der Waals surface area contributed by atoms with Gasteiger partial charge < -0.3 is 10.3 Å². The van der Waals surface area contributed by atoms with Gasteiger partial charge >= 0.3 is 0 Å². The molecule has 0 aliphatic rings. The molecule has 0 aliphatic heterocycles. The standard InChI is InChI=1S/C12H11N3O4S/c13-20(18,19)9-5-3-8(4-6-9)15-12(17)11(16)10-2-1-7-14-10/h1-7,14H,(H,15,17)(H2,13,18,19). The highest BCUT2D eigenvalue weighted by Crippen LogP contribution is 2.13. The van der Waals surface area contributed by atoms with Crippen molar-refractivity contribution in [2.75, 3.05) is 5.32 Å². The van der Waals surface area contributed by atoms with Crippen LogP contribution in [0.4, 0.5) is 5.69 Å². The van der Waals surface area contributed by atoms with Gasteiger partial charge in [-0.3, -0.25) is 9.59 Å². The summed E-state index contributed by atoms with van der Waals surface area (Å²) in [4.78, 5) is 25.9. The largest absolute Gasteiger partial charge is 0.358 e. The number of aromatic nitrogens is 1. The van der Waals surface area contributed by atoms with Crippen LogP contribution in [0.1, 0.15) is 10.5 Å². The lowest BCUT2D eigenvalue weighted by atomic mass is 10.2. The van der Waals surface area contributed by atoms with E-state index >= 15 is 0 Å². The van der Waals surface area contributed by atoms with Crippen LogP contribution in [0.5, 0.6) is 0 Å². The number of amides is 1. The van der Waals surface area contributed by atoms with E-state index in [1.54, 1.807) is 6.07 Å². The Morgan fingerprint density at radius 3 is 2.25 bits per heavy atom. The van der Waals surface area contributed by atoms with Crippen molar-refractivity contribution in [3.8, 4) is 0 Å². The second kappa shape index (κ2) is 5.27. The summed E-state index contributed by atoms with van der Waals surface area (Å²) in [6.07, 6.45) is 1.53. The number of benzene rings is 1. The van der Waals surface area contributed by atoms with Crippen LogP contribution in [0.15, 0.2) is 47.5 Å². The number of hydrogen-bond acceptors (Lipinski definition) is 4. The molecule has 7 nitrogen and oxygen atoms in total. The molecule has 104 valence electrons. The molecular formula is C12H11N3O4S. The highest BCUT2D eigenvalue weighted by molar-refractivity contribution is 7.89. The van der Waals surface area contributed by atoms with Gasteiger partial charge in [0.15, 0.2) is 0 Å². The summed E-state index contributed by atoms with van der Waals surface area (Å²) in [5.74, 6) is -1.54. The molecule has 1 aromatic heterocycles. The van der Waals surface area contributed by atoms with Crippen LogP contribution in [0.2, 0.25) is 0 Å². The summed E-state index contributed by atoms with van der Waals surface area (Å²) in [5.41, 5.74) is 0.464. The van der Waals surface area contributed by atoms with Crippen LogP contribution in [0, 0.1) is 0 Å². The van der Waals surface area contributed by atoms with Crippen LogP contribution in [0.3, 0.4) is 0 Å². The average Bonchev–Trinajstić information content (AvgIpc) is 2.91. The van der Waals surface area contributed by atoms with Crippen LogP contribution in [-0.2, 0) is 14.8 Å². The molecule has 2 aromatic rings. The fourth-order valence-corrected chi connectivity index (χ4v) is 2.03. The molecule has 2 rings (SSSR count). The lowest BCUT2D eigenvalue weighted by Crippen LogP contribution is -2.23. The van der Waals surface area contributed by atoms with Gasteiger partial charge in [-0.2, -0.15) is 0 Å². The third kappa shape index (κ3) is 3.11. The predicted octanol–water partition coefficient (Wildman–Crippen LogP) is 0.483. The van der Waals surface area contributed by atoms with Crippen molar-refractivity contribution in [2.24, 2.45) is 5.14 Å². The molecule has 20 heavy (non-hydrogen) atoms. The van der Waals surface area contributed by atoms with E-state index in [0.717, 1.165) is 0 Å². The minimum atomic E-state index is -3.78. The predicted molar refractivity (Wildman–Crippen MR) is 71.6 cm³/mol. The summed E-state index contributed by atoms with van der Waals surface area (Å²) in [6, 6.07) is 8.25. The molecular weight excluding hydrogens is 282 g/mol. The fraction of sp³-hybridized carbons (Fsp3) is 0. The molecule has 0 atom stereocenters. The normalized spacial score (nSPS) is 11.1. The Kier molecular flexibility index (Phi) is 3.68. The van der Waals surface area contributed by atoms with Crippen LogP contribution >= 0.6 is 0 Å². The number of anilines is 1. The first-order chi connectivity index (χ1) is 9.38. The molecule has 1 amide bonds. The first-order valence-electron chi connectivity index (χ1n) is 5.50. The van der Waals surface area contributed by atoms with E-state index in [9.17, 15) is 18.0 Å². The van der Waals surface area contributed by atoms with Gasteiger partial charge in [0.25, 0.3) is 11.7 Å². The van der Waals surface area contributed by atoms with Gasteiger partial charge in [0.1, 0.15) is 0 Å². The number of nitrogens with one attached hydrogen (secondary N) is 2. The zero-order valence-corrected chi connectivity index (χ0v) is 11.0. The molecule has 0 aliphatic carbocycles. The summed E-state index contributed by atoms with van der Waals surface area (Å²) < 4.78 is 22.1. The van der Waals surface area contributed by atoms with Gasteiger partial charge in [0.05, 0.1) is 10.6 Å². The van der Waals surface area contributed by atoms with Crippen molar-refractivity contribution < 1.29 is 18.0 Å². The summed E-state index contributed by atoms with van der Waals surface area (Å²) in [5, 5.41) is 7.31. The molecule has 0 bridgehead atoms. The number of ketones is 1. The van der Waals surface area contributed by atoms with Crippen molar-refractivity contribution in [1.29, 1.82) is 0 Å². The maximum Gasteiger partial charge on any atom is 0.298 e. The quantitative estimate of drug-likeness (QED) is 0.560. The van der Waals surface area contributed by atoms with Crippen LogP contribution < -0.4 is 10.5 Å². The van der Waals surface area contributed by atoms with Crippen molar-refractivity contribution >= 4 is 27.4 Å². The number of carbonyl (C=O) groups excluding carboxylic acids is 2. The van der Waals surface area contributed by atoms with Crippen molar-refractivity contribution in [3.05, 3.63) is 48.3 Å². The topological polar surface area (TPSA) is 122 Å². The highest BCUT2D eigenvalue weighted by atomic mass is 32.2. The molecule has 0 saturated carbocycles. The van der Waals surface area contributed by atoms with Gasteiger partial charge in [-0.25, -0.2) is 13.6 Å². The molecule has 0 radical (unpaired) electrons. The third-order valence-electron chi connectivity index (χ3n) is 2.49. The minimum Gasteiger partial charge on any atom is -0.358 e. The number of aromatic amines is 1. The summed E-state index contributed by atoms with van der Waals surface area (Å²) in [6.45, 7) is 0. The SMILES string of the molecule is NS(=O)(=O)c1ccc(NC(=O)C(=O)c2ccc[nH]2)cc1. The lowest BCUT2D eigenvalue weighted by Gasteiger charge is -2.04. The Morgan fingerprint density at radius 1 is 1.10 bits per heavy atom.